The summed E-state index contributed by atoms with van der Waals surface area (Å²) in [5, 5.41) is 3.38. The number of hydrogen-bond donors (Lipinski definition) is 1. The molecule has 0 aromatic carbocycles. The fourth-order valence-corrected chi connectivity index (χ4v) is 1.06. The van der Waals surface area contributed by atoms with Crippen LogP contribution < -0.4 is 5.32 Å². The average Bonchev–Trinajstić information content (AvgIpc) is 2.80. The molecule has 0 aromatic heterocycles. The van der Waals surface area contributed by atoms with E-state index >= 15 is 0 Å². The van der Waals surface area contributed by atoms with Gasteiger partial charge in [0.2, 0.25) is 5.91 Å². The molecule has 3 nitrogen and oxygen atoms in total. The lowest BCUT2D eigenvalue weighted by Gasteiger charge is -2.09. The van der Waals surface area contributed by atoms with E-state index in [0.717, 1.165) is 19.0 Å². The largest absolute Gasteiger partial charge is 0.349 e. The standard InChI is InChI=1S/C9H18N2O/c1-11(2)9(12)4-3-7-10-8-5-6-8/h8,10H,3-7H2,1-2H3. The van der Waals surface area contributed by atoms with Crippen molar-refractivity contribution in [2.75, 3.05) is 20.6 Å². The lowest BCUT2D eigenvalue weighted by atomic mass is 10.3. The molecule has 0 spiro atoms. The second kappa shape index (κ2) is 4.45. The Bertz CT molecular complexity index is 153. The lowest BCUT2D eigenvalue weighted by Crippen LogP contribution is -2.24. The van der Waals surface area contributed by atoms with Gasteiger partial charge in [0.1, 0.15) is 0 Å². The van der Waals surface area contributed by atoms with Crippen LogP contribution in [0, 0.1) is 0 Å². The van der Waals surface area contributed by atoms with E-state index < -0.39 is 0 Å². The Morgan fingerprint density at radius 1 is 1.50 bits per heavy atom. The van der Waals surface area contributed by atoms with E-state index in [1.165, 1.54) is 12.8 Å². The number of nitrogens with one attached hydrogen (secondary N) is 1. The van der Waals surface area contributed by atoms with Crippen molar-refractivity contribution in [1.29, 1.82) is 0 Å². The van der Waals surface area contributed by atoms with Gasteiger partial charge in [-0.05, 0) is 25.8 Å². The highest BCUT2D eigenvalue weighted by atomic mass is 16.2. The molecule has 3 heteroatoms. The molecule has 0 aromatic rings. The number of hydrogen-bond acceptors (Lipinski definition) is 2. The van der Waals surface area contributed by atoms with Crippen LogP contribution in [0.4, 0.5) is 0 Å². The molecule has 0 saturated heterocycles. The molecule has 0 atom stereocenters. The zero-order valence-corrected chi connectivity index (χ0v) is 7.97. The van der Waals surface area contributed by atoms with Gasteiger partial charge in [-0.25, -0.2) is 0 Å². The van der Waals surface area contributed by atoms with Gasteiger partial charge in [0.15, 0.2) is 0 Å². The van der Waals surface area contributed by atoms with Gasteiger partial charge in [0, 0.05) is 26.6 Å². The maximum atomic E-state index is 11.1. The molecule has 1 N–H and O–H groups in total. The fourth-order valence-electron chi connectivity index (χ4n) is 1.06. The second-order valence-electron chi connectivity index (χ2n) is 3.62. The zero-order valence-electron chi connectivity index (χ0n) is 7.97. The molecular weight excluding hydrogens is 152 g/mol. The minimum Gasteiger partial charge on any atom is -0.349 e. The van der Waals surface area contributed by atoms with E-state index in [1.807, 2.05) is 0 Å². The van der Waals surface area contributed by atoms with Crippen molar-refractivity contribution in [3.63, 3.8) is 0 Å². The van der Waals surface area contributed by atoms with Crippen LogP contribution in [0.2, 0.25) is 0 Å². The first-order chi connectivity index (χ1) is 5.70. The van der Waals surface area contributed by atoms with Gasteiger partial charge in [0.05, 0.1) is 0 Å². The fraction of sp³-hybridized carbons (Fsp3) is 0.889. The van der Waals surface area contributed by atoms with Crippen LogP contribution in [0.1, 0.15) is 25.7 Å². The van der Waals surface area contributed by atoms with Gasteiger partial charge < -0.3 is 10.2 Å². The highest BCUT2D eigenvalue weighted by molar-refractivity contribution is 5.75. The van der Waals surface area contributed by atoms with Crippen molar-refractivity contribution < 1.29 is 4.79 Å². The number of rotatable bonds is 5. The Kier molecular flexibility index (Phi) is 3.53. The summed E-state index contributed by atoms with van der Waals surface area (Å²) < 4.78 is 0. The first-order valence-electron chi connectivity index (χ1n) is 4.63. The van der Waals surface area contributed by atoms with Crippen LogP contribution in [0.25, 0.3) is 0 Å². The van der Waals surface area contributed by atoms with E-state index in [2.05, 4.69) is 5.32 Å². The monoisotopic (exact) mass is 170 g/mol. The molecule has 0 heterocycles. The molecule has 12 heavy (non-hydrogen) atoms. The van der Waals surface area contributed by atoms with Gasteiger partial charge in [-0.3, -0.25) is 4.79 Å². The highest BCUT2D eigenvalue weighted by Gasteiger charge is 2.19. The third kappa shape index (κ3) is 3.72. The molecule has 1 saturated carbocycles. The average molecular weight is 170 g/mol. The van der Waals surface area contributed by atoms with Crippen LogP contribution >= 0.6 is 0 Å². The highest BCUT2D eigenvalue weighted by Crippen LogP contribution is 2.18. The van der Waals surface area contributed by atoms with Crippen LogP contribution in [-0.2, 0) is 4.79 Å². The summed E-state index contributed by atoms with van der Waals surface area (Å²) in [4.78, 5) is 12.8. The van der Waals surface area contributed by atoms with Crippen LogP contribution in [0.3, 0.4) is 0 Å². The van der Waals surface area contributed by atoms with Crippen LogP contribution in [-0.4, -0.2) is 37.5 Å². The Labute approximate surface area is 74.1 Å². The topological polar surface area (TPSA) is 32.3 Å². The summed E-state index contributed by atoms with van der Waals surface area (Å²) in [6, 6.07) is 0.763. The van der Waals surface area contributed by atoms with E-state index in [0.29, 0.717) is 6.42 Å². The Balaban J connectivity index is 1.90. The summed E-state index contributed by atoms with van der Waals surface area (Å²) in [5.41, 5.74) is 0. The van der Waals surface area contributed by atoms with Crippen LogP contribution in [0.15, 0.2) is 0 Å². The maximum Gasteiger partial charge on any atom is 0.222 e. The minimum atomic E-state index is 0.229. The van der Waals surface area contributed by atoms with Gasteiger partial charge in [-0.15, -0.1) is 0 Å². The van der Waals surface area contributed by atoms with Gasteiger partial charge in [-0.2, -0.15) is 0 Å². The molecule has 0 bridgehead atoms. The number of amides is 1. The molecule has 70 valence electrons. The van der Waals surface area contributed by atoms with E-state index in [4.69, 9.17) is 0 Å². The molecule has 0 unspecified atom stereocenters. The van der Waals surface area contributed by atoms with Gasteiger partial charge in [-0.1, -0.05) is 0 Å². The molecule has 1 rings (SSSR count). The summed E-state index contributed by atoms with van der Waals surface area (Å²) >= 11 is 0. The SMILES string of the molecule is CN(C)C(=O)CCCNC1CC1. The third-order valence-electron chi connectivity index (χ3n) is 2.08. The van der Waals surface area contributed by atoms with Crippen molar-refractivity contribution in [1.82, 2.24) is 10.2 Å². The molecular formula is C9H18N2O. The second-order valence-corrected chi connectivity index (χ2v) is 3.62. The lowest BCUT2D eigenvalue weighted by molar-refractivity contribution is -0.128. The molecule has 0 aliphatic heterocycles. The Morgan fingerprint density at radius 2 is 2.17 bits per heavy atom. The van der Waals surface area contributed by atoms with Gasteiger partial charge >= 0.3 is 0 Å². The summed E-state index contributed by atoms with van der Waals surface area (Å²) in [6.45, 7) is 0.990. The smallest absolute Gasteiger partial charge is 0.222 e. The molecule has 1 fully saturated rings. The first kappa shape index (κ1) is 9.52. The predicted molar refractivity (Wildman–Crippen MR) is 49.0 cm³/mol. The van der Waals surface area contributed by atoms with E-state index in [1.54, 1.807) is 19.0 Å². The summed E-state index contributed by atoms with van der Waals surface area (Å²) in [6.07, 6.45) is 4.28. The number of nitrogens with zero attached hydrogens (tertiary/aromatic N) is 1. The zero-order chi connectivity index (χ0) is 8.97. The molecule has 1 amide bonds. The quantitative estimate of drug-likeness (QED) is 0.613. The normalized spacial score (nSPS) is 16.2. The molecule has 1 aliphatic rings. The predicted octanol–water partition coefficient (Wildman–Crippen LogP) is 0.607. The summed E-state index contributed by atoms with van der Waals surface area (Å²) in [7, 11) is 3.60. The van der Waals surface area contributed by atoms with Crippen molar-refractivity contribution in [3.8, 4) is 0 Å². The minimum absolute atomic E-state index is 0.229. The summed E-state index contributed by atoms with van der Waals surface area (Å²) in [5.74, 6) is 0.229. The van der Waals surface area contributed by atoms with Crippen molar-refractivity contribution in [2.24, 2.45) is 0 Å². The third-order valence-corrected chi connectivity index (χ3v) is 2.08. The maximum absolute atomic E-state index is 11.1. The Morgan fingerprint density at radius 3 is 2.67 bits per heavy atom. The first-order valence-corrected chi connectivity index (χ1v) is 4.63. The molecule has 0 radical (unpaired) electrons. The van der Waals surface area contributed by atoms with E-state index in [-0.39, 0.29) is 5.91 Å². The Hall–Kier alpha value is -0.570. The number of carbonyl (C=O) groups excluding carboxylic acids is 1. The van der Waals surface area contributed by atoms with Crippen LogP contribution in [0.5, 0.6) is 0 Å². The molecule has 1 aliphatic carbocycles. The van der Waals surface area contributed by atoms with Crippen molar-refractivity contribution in [3.05, 3.63) is 0 Å². The van der Waals surface area contributed by atoms with Crippen molar-refractivity contribution >= 4 is 5.91 Å². The number of carbonyl (C=O) groups is 1. The van der Waals surface area contributed by atoms with E-state index in [9.17, 15) is 4.79 Å². The van der Waals surface area contributed by atoms with Crippen molar-refractivity contribution in [2.45, 2.75) is 31.7 Å². The van der Waals surface area contributed by atoms with Gasteiger partial charge in [0.25, 0.3) is 0 Å².